The zero-order valence-corrected chi connectivity index (χ0v) is 14.3. The van der Waals surface area contributed by atoms with Gasteiger partial charge in [-0.25, -0.2) is 9.59 Å². The lowest BCUT2D eigenvalue weighted by molar-refractivity contribution is -0.146. The van der Waals surface area contributed by atoms with Gasteiger partial charge in [-0.3, -0.25) is 4.90 Å². The van der Waals surface area contributed by atoms with Crippen LogP contribution in [-0.2, 0) is 27.1 Å². The summed E-state index contributed by atoms with van der Waals surface area (Å²) in [5.74, 6) is -0.410. The number of carbonyl (C=O) groups is 2. The molecule has 5 heteroatoms. The molecule has 1 aromatic rings. The van der Waals surface area contributed by atoms with Gasteiger partial charge in [0.15, 0.2) is 0 Å². The van der Waals surface area contributed by atoms with Crippen molar-refractivity contribution in [2.75, 3.05) is 13.7 Å². The lowest BCUT2D eigenvalue weighted by atomic mass is 9.94. The van der Waals surface area contributed by atoms with Crippen molar-refractivity contribution in [3.8, 4) is 0 Å². The van der Waals surface area contributed by atoms with Gasteiger partial charge in [0.05, 0.1) is 7.11 Å². The summed E-state index contributed by atoms with van der Waals surface area (Å²) < 4.78 is 10.4. The molecule has 23 heavy (non-hydrogen) atoms. The first-order valence-electron chi connectivity index (χ1n) is 7.96. The van der Waals surface area contributed by atoms with Gasteiger partial charge in [0.25, 0.3) is 0 Å². The number of fused-ring (bicyclic) bond motifs is 1. The van der Waals surface area contributed by atoms with Gasteiger partial charge in [0, 0.05) is 13.0 Å². The quantitative estimate of drug-likeness (QED) is 0.747. The average molecular weight is 319 g/mol. The fraction of sp³-hybridized carbons (Fsp3) is 0.556. The monoisotopic (exact) mass is 319 g/mol. The van der Waals surface area contributed by atoms with Crippen molar-refractivity contribution in [1.29, 1.82) is 0 Å². The fourth-order valence-corrected chi connectivity index (χ4v) is 2.80. The maximum absolute atomic E-state index is 12.5. The summed E-state index contributed by atoms with van der Waals surface area (Å²) in [6.07, 6.45) is 1.64. The second-order valence-electron chi connectivity index (χ2n) is 6.79. The van der Waals surface area contributed by atoms with Crippen LogP contribution >= 0.6 is 0 Å². The molecule has 0 fully saturated rings. The fourth-order valence-electron chi connectivity index (χ4n) is 2.80. The molecule has 0 aromatic heterocycles. The minimum atomic E-state index is -0.656. The first kappa shape index (κ1) is 17.3. The number of methoxy groups -OCH3 is 1. The zero-order chi connectivity index (χ0) is 17.0. The maximum Gasteiger partial charge on any atom is 0.411 e. The van der Waals surface area contributed by atoms with E-state index in [2.05, 4.69) is 6.07 Å². The first-order chi connectivity index (χ1) is 10.8. The lowest BCUT2D eigenvalue weighted by Gasteiger charge is -2.34. The van der Waals surface area contributed by atoms with Crippen LogP contribution in [0.5, 0.6) is 0 Å². The van der Waals surface area contributed by atoms with Gasteiger partial charge in [0.1, 0.15) is 11.6 Å². The molecule has 1 aromatic carbocycles. The number of aryl methyl sites for hydroxylation is 1. The van der Waals surface area contributed by atoms with Gasteiger partial charge in [-0.1, -0.05) is 24.3 Å². The summed E-state index contributed by atoms with van der Waals surface area (Å²) in [6, 6.07) is 7.37. The third kappa shape index (κ3) is 4.47. The molecule has 0 saturated carbocycles. The Morgan fingerprint density at radius 3 is 2.43 bits per heavy atom. The van der Waals surface area contributed by atoms with Crippen LogP contribution in [0.3, 0.4) is 0 Å². The minimum absolute atomic E-state index is 0.410. The third-order valence-corrected chi connectivity index (χ3v) is 3.85. The molecule has 1 aliphatic rings. The van der Waals surface area contributed by atoms with Gasteiger partial charge in [-0.15, -0.1) is 0 Å². The molecule has 2 rings (SSSR count). The SMILES string of the molecule is COC(=O)C1Cc2ccccc2CCCN1C(=O)OC(C)(C)C. The predicted octanol–water partition coefficient (Wildman–Crippen LogP) is 2.95. The molecule has 1 aliphatic heterocycles. The Labute approximate surface area is 137 Å². The van der Waals surface area contributed by atoms with E-state index in [-0.39, 0.29) is 0 Å². The van der Waals surface area contributed by atoms with Crippen LogP contribution in [0.1, 0.15) is 38.3 Å². The van der Waals surface area contributed by atoms with E-state index in [0.717, 1.165) is 18.4 Å². The second-order valence-corrected chi connectivity index (χ2v) is 6.79. The molecule has 1 unspecified atom stereocenters. The topological polar surface area (TPSA) is 55.8 Å². The number of carbonyl (C=O) groups excluding carboxylic acids is 2. The number of nitrogens with zero attached hydrogens (tertiary/aromatic N) is 1. The van der Waals surface area contributed by atoms with Crippen molar-refractivity contribution in [1.82, 2.24) is 4.90 Å². The van der Waals surface area contributed by atoms with Crippen LogP contribution in [0.15, 0.2) is 24.3 Å². The third-order valence-electron chi connectivity index (χ3n) is 3.85. The number of esters is 1. The van der Waals surface area contributed by atoms with Crippen LogP contribution in [-0.4, -0.2) is 42.3 Å². The number of amides is 1. The molecule has 1 amide bonds. The Morgan fingerprint density at radius 2 is 1.83 bits per heavy atom. The summed E-state index contributed by atoms with van der Waals surface area (Å²) in [7, 11) is 1.35. The molecule has 0 spiro atoms. The molecule has 5 nitrogen and oxygen atoms in total. The molecule has 126 valence electrons. The molecule has 0 bridgehead atoms. The smallest absolute Gasteiger partial charge is 0.411 e. The first-order valence-corrected chi connectivity index (χ1v) is 7.96. The van der Waals surface area contributed by atoms with Crippen molar-refractivity contribution in [3.05, 3.63) is 35.4 Å². The molecule has 0 aliphatic carbocycles. The minimum Gasteiger partial charge on any atom is -0.467 e. The summed E-state index contributed by atoms with van der Waals surface area (Å²) in [4.78, 5) is 26.3. The summed E-state index contributed by atoms with van der Waals surface area (Å²) >= 11 is 0. The van der Waals surface area contributed by atoms with Gasteiger partial charge < -0.3 is 9.47 Å². The van der Waals surface area contributed by atoms with Crippen molar-refractivity contribution < 1.29 is 19.1 Å². The van der Waals surface area contributed by atoms with Crippen LogP contribution < -0.4 is 0 Å². The standard InChI is InChI=1S/C18H25NO4/c1-18(2,3)23-17(21)19-11-7-10-13-8-5-6-9-14(13)12-15(19)16(20)22-4/h5-6,8-9,15H,7,10-12H2,1-4H3. The van der Waals surface area contributed by atoms with Crippen molar-refractivity contribution >= 4 is 12.1 Å². The Hall–Kier alpha value is -2.04. The molecule has 1 atom stereocenters. The predicted molar refractivity (Wildman–Crippen MR) is 87.2 cm³/mol. The summed E-state index contributed by atoms with van der Waals surface area (Å²) in [5, 5.41) is 0. The van der Waals surface area contributed by atoms with E-state index in [9.17, 15) is 9.59 Å². The van der Waals surface area contributed by atoms with Crippen LogP contribution in [0.2, 0.25) is 0 Å². The highest BCUT2D eigenvalue weighted by molar-refractivity contribution is 5.82. The molecule has 0 saturated heterocycles. The average Bonchev–Trinajstić information content (AvgIpc) is 2.45. The molecular formula is C18H25NO4. The number of rotatable bonds is 1. The normalized spacial score (nSPS) is 18.4. The van der Waals surface area contributed by atoms with E-state index >= 15 is 0 Å². The highest BCUT2D eigenvalue weighted by Crippen LogP contribution is 2.22. The molecular weight excluding hydrogens is 294 g/mol. The van der Waals surface area contributed by atoms with E-state index in [1.165, 1.54) is 17.6 Å². The highest BCUT2D eigenvalue weighted by Gasteiger charge is 2.35. The number of hydrogen-bond acceptors (Lipinski definition) is 4. The Morgan fingerprint density at radius 1 is 1.17 bits per heavy atom. The van der Waals surface area contributed by atoms with E-state index < -0.39 is 23.7 Å². The summed E-state index contributed by atoms with van der Waals surface area (Å²) in [6.45, 7) is 5.93. The molecule has 0 radical (unpaired) electrons. The van der Waals surface area contributed by atoms with E-state index in [4.69, 9.17) is 9.47 Å². The van der Waals surface area contributed by atoms with Crippen molar-refractivity contribution in [3.63, 3.8) is 0 Å². The summed E-state index contributed by atoms with van der Waals surface area (Å²) in [5.41, 5.74) is 1.71. The van der Waals surface area contributed by atoms with E-state index in [0.29, 0.717) is 13.0 Å². The van der Waals surface area contributed by atoms with Gasteiger partial charge in [-0.05, 0) is 44.7 Å². The number of ether oxygens (including phenoxy) is 2. The Balaban J connectivity index is 2.30. The number of benzene rings is 1. The van der Waals surface area contributed by atoms with Gasteiger partial charge >= 0.3 is 12.1 Å². The van der Waals surface area contributed by atoms with Crippen LogP contribution in [0, 0.1) is 0 Å². The lowest BCUT2D eigenvalue weighted by Crippen LogP contribution is -2.50. The van der Waals surface area contributed by atoms with Crippen molar-refractivity contribution in [2.24, 2.45) is 0 Å². The van der Waals surface area contributed by atoms with Gasteiger partial charge in [-0.2, -0.15) is 0 Å². The largest absolute Gasteiger partial charge is 0.467 e. The molecule has 0 N–H and O–H groups in total. The van der Waals surface area contributed by atoms with E-state index in [1.54, 1.807) is 0 Å². The Bertz CT molecular complexity index is 577. The van der Waals surface area contributed by atoms with Crippen LogP contribution in [0.4, 0.5) is 4.79 Å². The van der Waals surface area contributed by atoms with Gasteiger partial charge in [0.2, 0.25) is 0 Å². The zero-order valence-electron chi connectivity index (χ0n) is 14.3. The van der Waals surface area contributed by atoms with Crippen molar-refractivity contribution in [2.45, 2.75) is 51.7 Å². The second kappa shape index (κ2) is 7.02. The number of hydrogen-bond donors (Lipinski definition) is 0. The Kier molecular flexibility index (Phi) is 5.29. The van der Waals surface area contributed by atoms with E-state index in [1.807, 2.05) is 39.0 Å². The molecule has 1 heterocycles. The van der Waals surface area contributed by atoms with Crippen LogP contribution in [0.25, 0.3) is 0 Å². The maximum atomic E-state index is 12.5. The highest BCUT2D eigenvalue weighted by atomic mass is 16.6.